The second-order valence-electron chi connectivity index (χ2n) is 7.66. The summed E-state index contributed by atoms with van der Waals surface area (Å²) in [5.41, 5.74) is 3.60. The molecule has 0 aliphatic heterocycles. The SMILES string of the molecule is Cc1ccc(S(=O)(=O)N(C)C)cc1NC(=O)c1cc(-c2cccs2)nc2c1c(C)nn2C. The molecule has 10 heteroatoms. The van der Waals surface area contributed by atoms with Crippen molar-refractivity contribution in [1.82, 2.24) is 19.1 Å². The number of aryl methyl sites for hydroxylation is 3. The highest BCUT2D eigenvalue weighted by Crippen LogP contribution is 2.30. The van der Waals surface area contributed by atoms with E-state index in [2.05, 4.69) is 10.4 Å². The number of amides is 1. The van der Waals surface area contributed by atoms with Crippen LogP contribution < -0.4 is 5.32 Å². The van der Waals surface area contributed by atoms with Crippen LogP contribution in [-0.4, -0.2) is 47.5 Å². The number of thiophene rings is 1. The van der Waals surface area contributed by atoms with Crippen molar-refractivity contribution in [3.8, 4) is 10.6 Å². The highest BCUT2D eigenvalue weighted by molar-refractivity contribution is 7.89. The zero-order valence-electron chi connectivity index (χ0n) is 18.4. The molecule has 1 N–H and O–H groups in total. The lowest BCUT2D eigenvalue weighted by Gasteiger charge is -2.15. The van der Waals surface area contributed by atoms with E-state index in [9.17, 15) is 13.2 Å². The molecule has 0 bridgehead atoms. The Morgan fingerprint density at radius 2 is 1.91 bits per heavy atom. The standard InChI is InChI=1S/C22H23N5O3S2/c1-13-8-9-15(32(29,30)26(3)4)11-17(13)24-22(28)16-12-18(19-7-6-10-31-19)23-21-20(16)14(2)25-27(21)5/h6-12H,1-5H3,(H,24,28). The molecule has 4 aromatic rings. The quantitative estimate of drug-likeness (QED) is 0.479. The highest BCUT2D eigenvalue weighted by Gasteiger charge is 2.22. The van der Waals surface area contributed by atoms with Crippen molar-refractivity contribution >= 4 is 44.0 Å². The first-order valence-corrected chi connectivity index (χ1v) is 12.1. The number of sulfonamides is 1. The van der Waals surface area contributed by atoms with Crippen LogP contribution in [0.4, 0.5) is 5.69 Å². The number of aromatic nitrogens is 3. The Labute approximate surface area is 190 Å². The van der Waals surface area contributed by atoms with Crippen molar-refractivity contribution in [2.24, 2.45) is 7.05 Å². The number of fused-ring (bicyclic) bond motifs is 1. The van der Waals surface area contributed by atoms with Crippen LogP contribution in [0.3, 0.4) is 0 Å². The number of hydrogen-bond acceptors (Lipinski definition) is 6. The molecule has 0 unspecified atom stereocenters. The van der Waals surface area contributed by atoms with E-state index in [4.69, 9.17) is 4.98 Å². The molecule has 0 spiro atoms. The average Bonchev–Trinajstić information content (AvgIpc) is 3.37. The predicted molar refractivity (Wildman–Crippen MR) is 127 cm³/mol. The molecule has 166 valence electrons. The van der Waals surface area contributed by atoms with Crippen molar-refractivity contribution in [1.29, 1.82) is 0 Å². The van der Waals surface area contributed by atoms with Gasteiger partial charge in [-0.15, -0.1) is 11.3 Å². The fraction of sp³-hybridized carbons (Fsp3) is 0.227. The van der Waals surface area contributed by atoms with E-state index in [1.807, 2.05) is 31.4 Å². The van der Waals surface area contributed by atoms with E-state index in [0.29, 0.717) is 33.7 Å². The topological polar surface area (TPSA) is 97.2 Å². The fourth-order valence-electron chi connectivity index (χ4n) is 3.47. The maximum atomic E-state index is 13.4. The van der Waals surface area contributed by atoms with Gasteiger partial charge in [0.1, 0.15) is 0 Å². The largest absolute Gasteiger partial charge is 0.322 e. The zero-order valence-corrected chi connectivity index (χ0v) is 20.0. The maximum Gasteiger partial charge on any atom is 0.256 e. The maximum absolute atomic E-state index is 13.4. The van der Waals surface area contributed by atoms with Crippen LogP contribution in [-0.2, 0) is 17.1 Å². The van der Waals surface area contributed by atoms with Gasteiger partial charge in [-0.2, -0.15) is 5.10 Å². The molecule has 1 amide bonds. The van der Waals surface area contributed by atoms with Gasteiger partial charge in [-0.3, -0.25) is 9.48 Å². The smallest absolute Gasteiger partial charge is 0.256 e. The van der Waals surface area contributed by atoms with Crippen molar-refractivity contribution in [3.63, 3.8) is 0 Å². The minimum atomic E-state index is -3.63. The molecule has 0 aliphatic rings. The van der Waals surface area contributed by atoms with E-state index in [1.165, 1.54) is 37.6 Å². The van der Waals surface area contributed by atoms with Gasteiger partial charge in [0.15, 0.2) is 5.65 Å². The minimum Gasteiger partial charge on any atom is -0.322 e. The van der Waals surface area contributed by atoms with Crippen molar-refractivity contribution in [2.45, 2.75) is 18.7 Å². The summed E-state index contributed by atoms with van der Waals surface area (Å²) in [5.74, 6) is -0.353. The number of nitrogens with zero attached hydrogens (tertiary/aromatic N) is 4. The van der Waals surface area contributed by atoms with Crippen LogP contribution in [0, 0.1) is 13.8 Å². The van der Waals surface area contributed by atoms with Crippen LogP contribution in [0.15, 0.2) is 46.7 Å². The van der Waals surface area contributed by atoms with E-state index >= 15 is 0 Å². The lowest BCUT2D eigenvalue weighted by atomic mass is 10.1. The highest BCUT2D eigenvalue weighted by atomic mass is 32.2. The molecule has 1 aromatic carbocycles. The summed E-state index contributed by atoms with van der Waals surface area (Å²) in [7, 11) is 1.10. The minimum absolute atomic E-state index is 0.111. The van der Waals surface area contributed by atoms with Gasteiger partial charge in [0.2, 0.25) is 10.0 Å². The molecule has 0 saturated heterocycles. The number of carbonyl (C=O) groups excluding carboxylic acids is 1. The van der Waals surface area contributed by atoms with Crippen molar-refractivity contribution in [2.75, 3.05) is 19.4 Å². The average molecular weight is 470 g/mol. The third-order valence-electron chi connectivity index (χ3n) is 5.22. The molecule has 32 heavy (non-hydrogen) atoms. The number of nitrogens with one attached hydrogen (secondary N) is 1. The summed E-state index contributed by atoms with van der Waals surface area (Å²) in [5, 5.41) is 9.96. The van der Waals surface area contributed by atoms with Gasteiger partial charge in [0.25, 0.3) is 5.91 Å². The van der Waals surface area contributed by atoms with E-state index in [0.717, 1.165) is 14.7 Å². The van der Waals surface area contributed by atoms with E-state index in [1.54, 1.807) is 23.9 Å². The molecule has 0 atom stereocenters. The third kappa shape index (κ3) is 3.81. The van der Waals surface area contributed by atoms with Gasteiger partial charge in [0.05, 0.1) is 32.1 Å². The number of benzene rings is 1. The number of carbonyl (C=O) groups is 1. The number of rotatable bonds is 5. The number of anilines is 1. The Hall–Kier alpha value is -3.08. The molecule has 0 saturated carbocycles. The van der Waals surface area contributed by atoms with Gasteiger partial charge >= 0.3 is 0 Å². The van der Waals surface area contributed by atoms with Crippen LogP contribution in [0.5, 0.6) is 0 Å². The second kappa shape index (κ2) is 8.12. The molecule has 3 aromatic heterocycles. The van der Waals surface area contributed by atoms with Crippen LogP contribution >= 0.6 is 11.3 Å². The predicted octanol–water partition coefficient (Wildman–Crippen LogP) is 3.82. The van der Waals surface area contributed by atoms with Crippen molar-refractivity contribution < 1.29 is 13.2 Å². The first-order valence-electron chi connectivity index (χ1n) is 9.82. The van der Waals surface area contributed by atoms with Gasteiger partial charge in [-0.05, 0) is 49.1 Å². The van der Waals surface area contributed by atoms with Crippen LogP contribution in [0.25, 0.3) is 21.6 Å². The molecule has 0 fully saturated rings. The zero-order chi connectivity index (χ0) is 23.2. The molecule has 8 nitrogen and oxygen atoms in total. The summed E-state index contributed by atoms with van der Waals surface area (Å²) < 4.78 is 27.9. The van der Waals surface area contributed by atoms with Gasteiger partial charge in [-0.1, -0.05) is 12.1 Å². The van der Waals surface area contributed by atoms with E-state index in [-0.39, 0.29) is 10.8 Å². The fourth-order valence-corrected chi connectivity index (χ4v) is 5.09. The number of hydrogen-bond donors (Lipinski definition) is 1. The summed E-state index contributed by atoms with van der Waals surface area (Å²) in [4.78, 5) is 19.2. The lowest BCUT2D eigenvalue weighted by Crippen LogP contribution is -2.22. The van der Waals surface area contributed by atoms with Crippen molar-refractivity contribution in [3.05, 3.63) is 58.6 Å². The Balaban J connectivity index is 1.82. The van der Waals surface area contributed by atoms with Gasteiger partial charge in [-0.25, -0.2) is 17.7 Å². The normalized spacial score (nSPS) is 11.9. The summed E-state index contributed by atoms with van der Waals surface area (Å²) in [6, 6.07) is 10.3. The monoisotopic (exact) mass is 469 g/mol. The molecular weight excluding hydrogens is 446 g/mol. The molecular formula is C22H23N5O3S2. The Morgan fingerprint density at radius 1 is 1.16 bits per heavy atom. The molecule has 0 radical (unpaired) electrons. The second-order valence-corrected chi connectivity index (χ2v) is 10.8. The Morgan fingerprint density at radius 3 is 2.56 bits per heavy atom. The molecule has 0 aliphatic carbocycles. The van der Waals surface area contributed by atoms with Gasteiger partial charge < -0.3 is 5.32 Å². The molecule has 3 heterocycles. The van der Waals surface area contributed by atoms with Gasteiger partial charge in [0, 0.05) is 26.8 Å². The first-order chi connectivity index (χ1) is 15.1. The van der Waals surface area contributed by atoms with Crippen LogP contribution in [0.2, 0.25) is 0 Å². The Bertz CT molecular complexity index is 1440. The summed E-state index contributed by atoms with van der Waals surface area (Å²) >= 11 is 1.54. The third-order valence-corrected chi connectivity index (χ3v) is 7.93. The number of pyridine rings is 1. The summed E-state index contributed by atoms with van der Waals surface area (Å²) in [6.45, 7) is 3.65. The lowest BCUT2D eigenvalue weighted by molar-refractivity contribution is 0.102. The Kier molecular flexibility index (Phi) is 5.61. The van der Waals surface area contributed by atoms with E-state index < -0.39 is 10.0 Å². The molecule has 4 rings (SSSR count). The van der Waals surface area contributed by atoms with Crippen LogP contribution in [0.1, 0.15) is 21.6 Å². The first kappa shape index (κ1) is 22.1. The summed E-state index contributed by atoms with van der Waals surface area (Å²) in [6.07, 6.45) is 0.